The Morgan fingerprint density at radius 3 is 2.24 bits per heavy atom. The van der Waals surface area contributed by atoms with E-state index in [4.69, 9.17) is 5.73 Å². The number of hydrogen-bond acceptors (Lipinski definition) is 1. The molecule has 94 valence electrons. The van der Waals surface area contributed by atoms with Crippen LogP contribution in [-0.2, 0) is 6.42 Å². The molecule has 17 heavy (non-hydrogen) atoms. The molecule has 0 aromatic heterocycles. The molecule has 1 atom stereocenters. The Hall–Kier alpha value is -0.820. The summed E-state index contributed by atoms with van der Waals surface area (Å²) in [5.74, 6) is 1.48. The average molecular weight is 231 g/mol. The smallest absolute Gasteiger partial charge is 0.00173 e. The van der Waals surface area contributed by atoms with E-state index in [1.807, 2.05) is 0 Å². The molecule has 1 aromatic carbocycles. The predicted molar refractivity (Wildman–Crippen MR) is 74.1 cm³/mol. The summed E-state index contributed by atoms with van der Waals surface area (Å²) < 4.78 is 0. The molecule has 0 spiro atoms. The van der Waals surface area contributed by atoms with Gasteiger partial charge >= 0.3 is 0 Å². The lowest BCUT2D eigenvalue weighted by molar-refractivity contribution is 0.282. The second-order valence-electron chi connectivity index (χ2n) is 6.21. The lowest BCUT2D eigenvalue weighted by Gasteiger charge is -2.28. The molecule has 1 nitrogen and oxygen atoms in total. The highest BCUT2D eigenvalue weighted by Crippen LogP contribution is 2.46. The van der Waals surface area contributed by atoms with Crippen LogP contribution in [0.3, 0.4) is 0 Å². The van der Waals surface area contributed by atoms with Crippen molar-refractivity contribution >= 4 is 0 Å². The Morgan fingerprint density at radius 2 is 1.82 bits per heavy atom. The summed E-state index contributed by atoms with van der Waals surface area (Å²) >= 11 is 0. The van der Waals surface area contributed by atoms with Crippen molar-refractivity contribution in [3.63, 3.8) is 0 Å². The SMILES string of the molecule is CC(C)c1ccc(CC(C)(CN)C2CC2)cc1. The molecular weight excluding hydrogens is 206 g/mol. The van der Waals surface area contributed by atoms with Crippen LogP contribution in [0.25, 0.3) is 0 Å². The zero-order valence-electron chi connectivity index (χ0n) is 11.4. The van der Waals surface area contributed by atoms with Crippen LogP contribution in [0, 0.1) is 11.3 Å². The minimum atomic E-state index is 0.319. The van der Waals surface area contributed by atoms with Crippen molar-refractivity contribution in [3.05, 3.63) is 35.4 Å². The van der Waals surface area contributed by atoms with E-state index in [2.05, 4.69) is 45.0 Å². The van der Waals surface area contributed by atoms with Crippen molar-refractivity contribution in [3.8, 4) is 0 Å². The standard InChI is InChI=1S/C16H25N/c1-12(2)14-6-4-13(5-7-14)10-16(3,11-17)15-8-9-15/h4-7,12,15H,8-11,17H2,1-3H3. The first-order chi connectivity index (χ1) is 8.05. The van der Waals surface area contributed by atoms with Crippen LogP contribution in [0.5, 0.6) is 0 Å². The topological polar surface area (TPSA) is 26.0 Å². The molecule has 1 aliphatic carbocycles. The van der Waals surface area contributed by atoms with Crippen LogP contribution in [0.15, 0.2) is 24.3 Å². The third-order valence-corrected chi connectivity index (χ3v) is 4.28. The van der Waals surface area contributed by atoms with E-state index >= 15 is 0 Å². The maximum Gasteiger partial charge on any atom is -0.00173 e. The van der Waals surface area contributed by atoms with E-state index in [1.165, 1.54) is 24.0 Å². The summed E-state index contributed by atoms with van der Waals surface area (Å²) in [6.45, 7) is 7.64. The van der Waals surface area contributed by atoms with Crippen molar-refractivity contribution in [2.45, 2.75) is 46.0 Å². The van der Waals surface area contributed by atoms with Gasteiger partial charge in [0.15, 0.2) is 0 Å². The van der Waals surface area contributed by atoms with E-state index < -0.39 is 0 Å². The number of rotatable bonds is 5. The first kappa shape index (κ1) is 12.6. The lowest BCUT2D eigenvalue weighted by Crippen LogP contribution is -2.31. The molecule has 2 N–H and O–H groups in total. The van der Waals surface area contributed by atoms with Gasteiger partial charge in [-0.3, -0.25) is 0 Å². The maximum absolute atomic E-state index is 5.97. The van der Waals surface area contributed by atoms with Gasteiger partial charge in [0.05, 0.1) is 0 Å². The van der Waals surface area contributed by atoms with Crippen molar-refractivity contribution in [2.75, 3.05) is 6.54 Å². The first-order valence-electron chi connectivity index (χ1n) is 6.84. The van der Waals surface area contributed by atoms with Gasteiger partial charge in [-0.2, -0.15) is 0 Å². The highest BCUT2D eigenvalue weighted by Gasteiger charge is 2.40. The van der Waals surface area contributed by atoms with Crippen LogP contribution in [0.2, 0.25) is 0 Å². The van der Waals surface area contributed by atoms with Gasteiger partial charge in [-0.15, -0.1) is 0 Å². The molecular formula is C16H25N. The van der Waals surface area contributed by atoms with E-state index in [0.29, 0.717) is 11.3 Å². The van der Waals surface area contributed by atoms with Crippen LogP contribution in [0.1, 0.15) is 50.7 Å². The van der Waals surface area contributed by atoms with Gasteiger partial charge in [-0.05, 0) is 54.2 Å². The molecule has 0 bridgehead atoms. The molecule has 1 fully saturated rings. The zero-order valence-corrected chi connectivity index (χ0v) is 11.4. The summed E-state index contributed by atoms with van der Waals surface area (Å²) in [5.41, 5.74) is 9.16. The fourth-order valence-corrected chi connectivity index (χ4v) is 2.65. The highest BCUT2D eigenvalue weighted by molar-refractivity contribution is 5.25. The minimum Gasteiger partial charge on any atom is -0.330 e. The summed E-state index contributed by atoms with van der Waals surface area (Å²) in [5, 5.41) is 0. The number of benzene rings is 1. The summed E-state index contributed by atoms with van der Waals surface area (Å²) in [4.78, 5) is 0. The van der Waals surface area contributed by atoms with Crippen LogP contribution < -0.4 is 5.73 Å². The Labute approximate surface area is 105 Å². The Bertz CT molecular complexity index is 362. The van der Waals surface area contributed by atoms with Gasteiger partial charge in [-0.25, -0.2) is 0 Å². The van der Waals surface area contributed by atoms with E-state index in [1.54, 1.807) is 0 Å². The van der Waals surface area contributed by atoms with E-state index in [9.17, 15) is 0 Å². The quantitative estimate of drug-likeness (QED) is 0.821. The van der Waals surface area contributed by atoms with Gasteiger partial charge in [0.2, 0.25) is 0 Å². The minimum absolute atomic E-state index is 0.319. The Balaban J connectivity index is 2.07. The van der Waals surface area contributed by atoms with Crippen LogP contribution in [0.4, 0.5) is 0 Å². The van der Waals surface area contributed by atoms with Gasteiger partial charge in [0.1, 0.15) is 0 Å². The monoisotopic (exact) mass is 231 g/mol. The van der Waals surface area contributed by atoms with Crippen LogP contribution in [-0.4, -0.2) is 6.54 Å². The molecule has 1 aromatic rings. The van der Waals surface area contributed by atoms with Gasteiger partial charge in [0.25, 0.3) is 0 Å². The van der Waals surface area contributed by atoms with Gasteiger partial charge in [0, 0.05) is 0 Å². The van der Waals surface area contributed by atoms with Gasteiger partial charge in [-0.1, -0.05) is 45.0 Å². The predicted octanol–water partition coefficient (Wildman–Crippen LogP) is 3.73. The largest absolute Gasteiger partial charge is 0.330 e. The van der Waals surface area contributed by atoms with Crippen molar-refractivity contribution < 1.29 is 0 Å². The van der Waals surface area contributed by atoms with E-state index in [-0.39, 0.29) is 0 Å². The average Bonchev–Trinajstić information content (AvgIpc) is 3.13. The normalized spacial score (nSPS) is 19.4. The fraction of sp³-hybridized carbons (Fsp3) is 0.625. The molecule has 1 unspecified atom stereocenters. The Kier molecular flexibility index (Phi) is 3.58. The van der Waals surface area contributed by atoms with Crippen LogP contribution >= 0.6 is 0 Å². The molecule has 0 aliphatic heterocycles. The molecule has 1 saturated carbocycles. The highest BCUT2D eigenvalue weighted by atomic mass is 14.6. The summed E-state index contributed by atoms with van der Waals surface area (Å²) in [6, 6.07) is 9.10. The first-order valence-corrected chi connectivity index (χ1v) is 6.84. The molecule has 1 aliphatic rings. The van der Waals surface area contributed by atoms with Crippen molar-refractivity contribution in [2.24, 2.45) is 17.1 Å². The number of hydrogen-bond donors (Lipinski definition) is 1. The second-order valence-corrected chi connectivity index (χ2v) is 6.21. The summed E-state index contributed by atoms with van der Waals surface area (Å²) in [7, 11) is 0. The third kappa shape index (κ3) is 2.90. The Morgan fingerprint density at radius 1 is 1.24 bits per heavy atom. The molecule has 0 heterocycles. The molecule has 1 heteroatoms. The second kappa shape index (κ2) is 4.81. The van der Waals surface area contributed by atoms with Crippen molar-refractivity contribution in [1.29, 1.82) is 0 Å². The van der Waals surface area contributed by atoms with Gasteiger partial charge < -0.3 is 5.73 Å². The number of nitrogens with two attached hydrogens (primary N) is 1. The maximum atomic E-state index is 5.97. The fourth-order valence-electron chi connectivity index (χ4n) is 2.65. The molecule has 0 saturated heterocycles. The molecule has 0 amide bonds. The zero-order chi connectivity index (χ0) is 12.5. The lowest BCUT2D eigenvalue weighted by atomic mass is 9.79. The molecule has 2 rings (SSSR count). The van der Waals surface area contributed by atoms with E-state index in [0.717, 1.165) is 18.9 Å². The third-order valence-electron chi connectivity index (χ3n) is 4.28. The summed E-state index contributed by atoms with van der Waals surface area (Å²) in [6.07, 6.45) is 3.88. The van der Waals surface area contributed by atoms with Crippen molar-refractivity contribution in [1.82, 2.24) is 0 Å². The molecule has 0 radical (unpaired) electrons.